The number of hydrazine groups is 1. The molecule has 0 saturated carbocycles. The van der Waals surface area contributed by atoms with E-state index in [0.717, 1.165) is 59.9 Å². The van der Waals surface area contributed by atoms with Gasteiger partial charge in [-0.1, -0.05) is 167 Å². The van der Waals surface area contributed by atoms with E-state index in [9.17, 15) is 0 Å². The molecule has 3 aromatic carbocycles. The summed E-state index contributed by atoms with van der Waals surface area (Å²) in [4.78, 5) is 0. The molecule has 314 valence electrons. The van der Waals surface area contributed by atoms with Gasteiger partial charge in [-0.15, -0.1) is 0 Å². The Kier molecular flexibility index (Phi) is 12.7. The third-order valence-corrected chi connectivity index (χ3v) is 13.8. The minimum absolute atomic E-state index is 0.0310. The van der Waals surface area contributed by atoms with Gasteiger partial charge in [0.15, 0.2) is 0 Å². The average molecular weight is 815 g/mol. The van der Waals surface area contributed by atoms with Gasteiger partial charge in [0.05, 0.1) is 5.70 Å². The highest BCUT2D eigenvalue weighted by molar-refractivity contribution is 5.79. The Bertz CT molecular complexity index is 2580. The van der Waals surface area contributed by atoms with Gasteiger partial charge in [-0.25, -0.2) is 5.43 Å². The predicted molar refractivity (Wildman–Crippen MR) is 260 cm³/mol. The number of nitrogens with one attached hydrogen (secondary N) is 1. The number of fused-ring (bicyclic) bond motifs is 7. The van der Waals surface area contributed by atoms with Gasteiger partial charge in [-0.2, -0.15) is 0 Å². The molecular formula is C59H62N2O. The molecule has 0 amide bonds. The van der Waals surface area contributed by atoms with E-state index in [4.69, 9.17) is 4.42 Å². The molecule has 3 atom stereocenters. The van der Waals surface area contributed by atoms with Crippen LogP contribution in [0.2, 0.25) is 0 Å². The Morgan fingerprint density at radius 1 is 0.903 bits per heavy atom. The third-order valence-electron chi connectivity index (χ3n) is 13.8. The Labute approximate surface area is 371 Å². The maximum Gasteiger partial charge on any atom is 0.147 e. The highest BCUT2D eigenvalue weighted by Gasteiger charge is 2.51. The zero-order valence-corrected chi connectivity index (χ0v) is 37.5. The van der Waals surface area contributed by atoms with E-state index < -0.39 is 0 Å². The Morgan fingerprint density at radius 2 is 1.61 bits per heavy atom. The summed E-state index contributed by atoms with van der Waals surface area (Å²) in [6.07, 6.45) is 34.6. The quantitative estimate of drug-likeness (QED) is 0.128. The van der Waals surface area contributed by atoms with Crippen LogP contribution in [-0.4, -0.2) is 18.1 Å². The molecule has 1 N–H and O–H groups in total. The van der Waals surface area contributed by atoms with Crippen molar-refractivity contribution in [3.05, 3.63) is 238 Å². The second-order valence-corrected chi connectivity index (χ2v) is 17.9. The van der Waals surface area contributed by atoms with Crippen LogP contribution < -0.4 is 5.43 Å². The van der Waals surface area contributed by atoms with Gasteiger partial charge in [-0.3, -0.25) is 0 Å². The predicted octanol–water partition coefficient (Wildman–Crippen LogP) is 14.3. The first-order valence-corrected chi connectivity index (χ1v) is 22.7. The largest absolute Gasteiger partial charge is 0.407 e. The van der Waals surface area contributed by atoms with E-state index in [0.29, 0.717) is 6.54 Å². The Balaban J connectivity index is 1.34. The second-order valence-electron chi connectivity index (χ2n) is 17.9. The molecule has 0 aliphatic heterocycles. The summed E-state index contributed by atoms with van der Waals surface area (Å²) in [5.41, 5.74) is 18.5. The van der Waals surface area contributed by atoms with Crippen LogP contribution in [0, 0.1) is 31.1 Å². The van der Waals surface area contributed by atoms with E-state index in [1.807, 2.05) is 18.2 Å². The first-order chi connectivity index (χ1) is 30.2. The number of benzene rings is 3. The van der Waals surface area contributed by atoms with E-state index in [1.165, 1.54) is 44.7 Å². The zero-order valence-electron chi connectivity index (χ0n) is 37.5. The molecule has 1 heterocycles. The van der Waals surface area contributed by atoms with Crippen LogP contribution in [0.4, 0.5) is 0 Å². The van der Waals surface area contributed by atoms with Crippen LogP contribution in [0.15, 0.2) is 197 Å². The number of aryl methyl sites for hydroxylation is 1. The fraction of sp³-hybridized carbons (Fsp3) is 0.288. The standard InChI is InChI=1S/C59H62N2O/c1-8-38-60-61(41-50(46-33-31-45(32-34-46)44(9-2)10-3)47-30-29-43(5)48-21-14-19-27-57(48)62-39-36-47)56-40-42(4)28-35-51-49(56)22-13-11-12-20-37-59(51)54-25-17-15-23-52(54)58(6,7)53-24-16-18-26-55(53)59/h9-21,23-33,35,40,46,50-51,60H,2,8,22,34,37-38,41H2,1,3-7H3/b13-11-,20-12-,43-29?,44-10+,47-30?/t46?,50-,51?/m1/s1. The molecule has 3 nitrogen and oxygen atoms in total. The molecule has 4 aliphatic carbocycles. The van der Waals surface area contributed by atoms with Crippen molar-refractivity contribution in [3.8, 4) is 0 Å². The number of para-hydroxylation sites is 1. The number of allylic oxidation sites excluding steroid dienone is 16. The summed E-state index contributed by atoms with van der Waals surface area (Å²) in [5.74, 6) is 0.292. The first-order valence-electron chi connectivity index (χ1n) is 22.7. The van der Waals surface area contributed by atoms with Crippen LogP contribution in [0.5, 0.6) is 0 Å². The zero-order chi connectivity index (χ0) is 43.3. The van der Waals surface area contributed by atoms with Crippen molar-refractivity contribution in [2.45, 2.75) is 84.0 Å². The summed E-state index contributed by atoms with van der Waals surface area (Å²) in [6.45, 7) is 19.2. The molecule has 8 rings (SSSR count). The van der Waals surface area contributed by atoms with Crippen molar-refractivity contribution in [2.75, 3.05) is 13.1 Å². The number of rotatable bonds is 10. The fourth-order valence-corrected chi connectivity index (χ4v) is 10.5. The van der Waals surface area contributed by atoms with Crippen LogP contribution >= 0.6 is 0 Å². The average Bonchev–Trinajstić information content (AvgIpc) is 3.34. The molecule has 1 aromatic heterocycles. The third kappa shape index (κ3) is 8.05. The highest BCUT2D eigenvalue weighted by atomic mass is 16.3. The Morgan fingerprint density at radius 3 is 2.31 bits per heavy atom. The molecule has 62 heavy (non-hydrogen) atoms. The molecule has 3 heteroatoms. The number of hydrogen-bond donors (Lipinski definition) is 1. The maximum absolute atomic E-state index is 6.22. The highest BCUT2D eigenvalue weighted by Crippen LogP contribution is 2.58. The van der Waals surface area contributed by atoms with Gasteiger partial charge in [0.2, 0.25) is 0 Å². The first kappa shape index (κ1) is 42.6. The van der Waals surface area contributed by atoms with Crippen molar-refractivity contribution in [2.24, 2.45) is 11.8 Å². The lowest BCUT2D eigenvalue weighted by Crippen LogP contribution is -2.46. The van der Waals surface area contributed by atoms with Crippen molar-refractivity contribution in [1.29, 1.82) is 0 Å². The van der Waals surface area contributed by atoms with E-state index in [1.54, 1.807) is 0 Å². The van der Waals surface area contributed by atoms with Crippen LogP contribution in [0.25, 0.3) is 11.0 Å². The number of hydrogen-bond acceptors (Lipinski definition) is 3. The monoisotopic (exact) mass is 814 g/mol. The minimum Gasteiger partial charge on any atom is -0.407 e. The van der Waals surface area contributed by atoms with Crippen LogP contribution in [0.1, 0.15) is 99.6 Å². The van der Waals surface area contributed by atoms with Crippen molar-refractivity contribution in [1.82, 2.24) is 10.4 Å². The topological polar surface area (TPSA) is 28.4 Å². The smallest absolute Gasteiger partial charge is 0.147 e. The molecule has 0 saturated heterocycles. The SMILES string of the molecule is C=C/C(=C\C)C1=CCC([C@@H](CN(NCCC)C2=C3C/C=C\C=C/CC4(c5ccccc5C(C)(C)c5ccccc54)C3C=CC(C)=C2)c2c#coc3ccccc3c(C)cc2)C=C1. The molecule has 0 radical (unpaired) electrons. The lowest BCUT2D eigenvalue weighted by atomic mass is 9.52. The lowest BCUT2D eigenvalue weighted by molar-refractivity contribution is 0.216. The molecule has 4 aliphatic rings. The van der Waals surface area contributed by atoms with E-state index in [2.05, 4.69) is 211 Å². The van der Waals surface area contributed by atoms with Crippen molar-refractivity contribution < 1.29 is 4.42 Å². The summed E-state index contributed by atoms with van der Waals surface area (Å²) in [7, 11) is 0. The van der Waals surface area contributed by atoms with Crippen molar-refractivity contribution in [3.63, 3.8) is 0 Å². The molecule has 0 fully saturated rings. The number of nitrogens with zero attached hydrogens (tertiary/aromatic N) is 1. The maximum atomic E-state index is 6.22. The van der Waals surface area contributed by atoms with E-state index >= 15 is 0 Å². The van der Waals surface area contributed by atoms with Gasteiger partial charge in [-0.05, 0) is 127 Å². The molecular weight excluding hydrogens is 753 g/mol. The normalized spacial score (nSPS) is 21.3. The summed E-state index contributed by atoms with van der Waals surface area (Å²) < 4.78 is 6.22. The Hall–Kier alpha value is -6.08. The minimum atomic E-state index is -0.333. The summed E-state index contributed by atoms with van der Waals surface area (Å²) >= 11 is 0. The molecule has 4 aromatic rings. The summed E-state index contributed by atoms with van der Waals surface area (Å²) in [5, 5.41) is 3.56. The second kappa shape index (κ2) is 18.5. The van der Waals surface area contributed by atoms with Crippen molar-refractivity contribution >= 4 is 11.0 Å². The van der Waals surface area contributed by atoms with Gasteiger partial charge in [0.25, 0.3) is 0 Å². The molecule has 0 bridgehead atoms. The van der Waals surface area contributed by atoms with Gasteiger partial charge in [0, 0.05) is 46.7 Å². The summed E-state index contributed by atoms with van der Waals surface area (Å²) in [6, 6.07) is 34.8. The fourth-order valence-electron chi connectivity index (χ4n) is 10.5. The lowest BCUT2D eigenvalue weighted by Gasteiger charge is -2.51. The molecule has 2 unspecified atom stereocenters. The van der Waals surface area contributed by atoms with Gasteiger partial charge >= 0.3 is 0 Å². The van der Waals surface area contributed by atoms with E-state index in [-0.39, 0.29) is 28.6 Å². The molecule has 1 spiro atoms. The van der Waals surface area contributed by atoms with Gasteiger partial charge in [0.1, 0.15) is 11.8 Å². The van der Waals surface area contributed by atoms with Gasteiger partial charge < -0.3 is 9.43 Å². The van der Waals surface area contributed by atoms with Crippen LogP contribution in [0.3, 0.4) is 0 Å². The van der Waals surface area contributed by atoms with Crippen LogP contribution in [-0.2, 0) is 10.8 Å².